The van der Waals surface area contributed by atoms with E-state index in [0.29, 0.717) is 12.0 Å². The van der Waals surface area contributed by atoms with Crippen LogP contribution in [0.4, 0.5) is 4.39 Å². The first kappa shape index (κ1) is 12.5. The van der Waals surface area contributed by atoms with E-state index in [2.05, 4.69) is 5.32 Å². The highest BCUT2D eigenvalue weighted by Gasteiger charge is 2.21. The number of nitrogens with one attached hydrogen (secondary N) is 1. The van der Waals surface area contributed by atoms with Crippen LogP contribution in [0.15, 0.2) is 24.3 Å². The zero-order valence-electron chi connectivity index (χ0n) is 10.3. The summed E-state index contributed by atoms with van der Waals surface area (Å²) in [5, 5.41) is 3.21. The van der Waals surface area contributed by atoms with Gasteiger partial charge in [-0.15, -0.1) is 0 Å². The molecule has 1 aliphatic heterocycles. The second-order valence-electron chi connectivity index (χ2n) is 4.68. The van der Waals surface area contributed by atoms with Crippen molar-refractivity contribution in [3.63, 3.8) is 0 Å². The fourth-order valence-corrected chi connectivity index (χ4v) is 2.47. The van der Waals surface area contributed by atoms with Crippen molar-refractivity contribution in [1.29, 1.82) is 0 Å². The van der Waals surface area contributed by atoms with Crippen LogP contribution in [0.3, 0.4) is 0 Å². The Bertz CT molecular complexity index is 333. The Labute approximate surface area is 102 Å². The van der Waals surface area contributed by atoms with Gasteiger partial charge in [-0.25, -0.2) is 4.39 Å². The summed E-state index contributed by atoms with van der Waals surface area (Å²) in [5.41, 5.74) is 1.19. The van der Waals surface area contributed by atoms with Crippen molar-refractivity contribution in [3.05, 3.63) is 35.6 Å². The van der Waals surface area contributed by atoms with Crippen LogP contribution in [0, 0.1) is 5.82 Å². The zero-order chi connectivity index (χ0) is 12.1. The van der Waals surface area contributed by atoms with Crippen LogP contribution in [0.1, 0.15) is 30.7 Å². The van der Waals surface area contributed by atoms with Crippen LogP contribution in [-0.2, 0) is 4.74 Å². The van der Waals surface area contributed by atoms with Gasteiger partial charge in [-0.3, -0.25) is 0 Å². The van der Waals surface area contributed by atoms with E-state index in [1.807, 2.05) is 19.2 Å². The Morgan fingerprint density at radius 1 is 1.41 bits per heavy atom. The number of ether oxygens (including phenoxy) is 1. The van der Waals surface area contributed by atoms with Crippen molar-refractivity contribution < 1.29 is 9.13 Å². The molecule has 1 saturated heterocycles. The smallest absolute Gasteiger partial charge is 0.123 e. The van der Waals surface area contributed by atoms with Gasteiger partial charge in [-0.2, -0.15) is 0 Å². The minimum absolute atomic E-state index is 0.172. The van der Waals surface area contributed by atoms with Gasteiger partial charge in [0.15, 0.2) is 0 Å². The highest BCUT2D eigenvalue weighted by Crippen LogP contribution is 2.26. The first-order chi connectivity index (χ1) is 8.29. The quantitative estimate of drug-likeness (QED) is 0.850. The molecule has 2 nitrogen and oxygen atoms in total. The Morgan fingerprint density at radius 3 is 2.76 bits per heavy atom. The van der Waals surface area contributed by atoms with Gasteiger partial charge in [0.25, 0.3) is 0 Å². The third kappa shape index (κ3) is 3.51. The number of hydrogen-bond donors (Lipinski definition) is 1. The summed E-state index contributed by atoms with van der Waals surface area (Å²) in [6, 6.07) is 6.83. The molecule has 3 heteroatoms. The molecule has 1 fully saturated rings. The fraction of sp³-hybridized carbons (Fsp3) is 0.571. The number of likely N-dealkylation sites (N-methyl/N-ethyl adjacent to an activating group) is 1. The van der Waals surface area contributed by atoms with Gasteiger partial charge in [0.2, 0.25) is 0 Å². The monoisotopic (exact) mass is 237 g/mol. The van der Waals surface area contributed by atoms with Gasteiger partial charge in [-0.1, -0.05) is 12.1 Å². The zero-order valence-corrected chi connectivity index (χ0v) is 10.3. The maximum atomic E-state index is 12.9. The lowest BCUT2D eigenvalue weighted by atomic mass is 9.92. The maximum absolute atomic E-state index is 12.9. The number of halogens is 1. The number of benzene rings is 1. The van der Waals surface area contributed by atoms with E-state index in [9.17, 15) is 4.39 Å². The van der Waals surface area contributed by atoms with Crippen molar-refractivity contribution in [2.45, 2.75) is 31.3 Å². The highest BCUT2D eigenvalue weighted by atomic mass is 19.1. The molecule has 0 bridgehead atoms. The molecule has 2 unspecified atom stereocenters. The molecule has 94 valence electrons. The predicted molar refractivity (Wildman–Crippen MR) is 66.7 cm³/mol. The molecule has 1 aromatic carbocycles. The standard InChI is InChI=1S/C14H20FNO/c1-16-10-12(9-14-3-2-8-17-14)11-4-6-13(15)7-5-11/h4-7,12,14,16H,2-3,8-10H2,1H3. The largest absolute Gasteiger partial charge is 0.378 e. The van der Waals surface area contributed by atoms with Crippen molar-refractivity contribution in [2.75, 3.05) is 20.2 Å². The summed E-state index contributed by atoms with van der Waals surface area (Å²) in [4.78, 5) is 0. The lowest BCUT2D eigenvalue weighted by Crippen LogP contribution is -2.21. The van der Waals surface area contributed by atoms with Crippen LogP contribution in [-0.4, -0.2) is 26.3 Å². The van der Waals surface area contributed by atoms with Gasteiger partial charge < -0.3 is 10.1 Å². The van der Waals surface area contributed by atoms with Crippen LogP contribution >= 0.6 is 0 Å². The molecule has 2 atom stereocenters. The summed E-state index contributed by atoms with van der Waals surface area (Å²) in [7, 11) is 1.95. The second kappa shape index (κ2) is 6.12. The molecule has 1 N–H and O–H groups in total. The molecule has 17 heavy (non-hydrogen) atoms. The molecule has 0 aromatic heterocycles. The number of hydrogen-bond acceptors (Lipinski definition) is 2. The molecule has 0 aliphatic carbocycles. The summed E-state index contributed by atoms with van der Waals surface area (Å²) in [5.74, 6) is 0.234. The Kier molecular flexibility index (Phi) is 4.51. The average molecular weight is 237 g/mol. The van der Waals surface area contributed by atoms with Crippen molar-refractivity contribution in [2.24, 2.45) is 0 Å². The van der Waals surface area contributed by atoms with Crippen molar-refractivity contribution >= 4 is 0 Å². The SMILES string of the molecule is CNCC(CC1CCCO1)c1ccc(F)cc1. The topological polar surface area (TPSA) is 21.3 Å². The average Bonchev–Trinajstić information content (AvgIpc) is 2.82. The van der Waals surface area contributed by atoms with Crippen molar-refractivity contribution in [3.8, 4) is 0 Å². The molecule has 1 aromatic rings. The van der Waals surface area contributed by atoms with E-state index < -0.39 is 0 Å². The Balaban J connectivity index is 2.02. The molecule has 0 radical (unpaired) electrons. The molecular formula is C14H20FNO. The third-order valence-corrected chi connectivity index (χ3v) is 3.36. The second-order valence-corrected chi connectivity index (χ2v) is 4.68. The maximum Gasteiger partial charge on any atom is 0.123 e. The first-order valence-corrected chi connectivity index (χ1v) is 6.31. The molecule has 1 heterocycles. The van der Waals surface area contributed by atoms with E-state index in [1.165, 1.54) is 24.1 Å². The molecule has 0 saturated carbocycles. The molecule has 1 aliphatic rings. The van der Waals surface area contributed by atoms with Crippen LogP contribution in [0.2, 0.25) is 0 Å². The van der Waals surface area contributed by atoms with Crippen molar-refractivity contribution in [1.82, 2.24) is 5.32 Å². The third-order valence-electron chi connectivity index (χ3n) is 3.36. The minimum atomic E-state index is -0.172. The van der Waals surface area contributed by atoms with Crippen LogP contribution in [0.5, 0.6) is 0 Å². The summed E-state index contributed by atoms with van der Waals surface area (Å²) in [6.45, 7) is 1.80. The van der Waals surface area contributed by atoms with Gasteiger partial charge in [0.05, 0.1) is 6.10 Å². The first-order valence-electron chi connectivity index (χ1n) is 6.31. The van der Waals surface area contributed by atoms with E-state index in [1.54, 1.807) is 0 Å². The summed E-state index contributed by atoms with van der Waals surface area (Å²) in [6.07, 6.45) is 3.72. The predicted octanol–water partition coefficient (Wildman–Crippen LogP) is 2.70. The molecule has 2 rings (SSSR count). The van der Waals surface area contributed by atoms with Crippen LogP contribution in [0.25, 0.3) is 0 Å². The highest BCUT2D eigenvalue weighted by molar-refractivity contribution is 5.21. The van der Waals surface area contributed by atoms with Gasteiger partial charge >= 0.3 is 0 Å². The van der Waals surface area contributed by atoms with E-state index in [4.69, 9.17) is 4.74 Å². The minimum Gasteiger partial charge on any atom is -0.378 e. The Morgan fingerprint density at radius 2 is 2.18 bits per heavy atom. The lowest BCUT2D eigenvalue weighted by molar-refractivity contribution is 0.0978. The van der Waals surface area contributed by atoms with Gasteiger partial charge in [0, 0.05) is 13.2 Å². The normalized spacial score (nSPS) is 21.6. The summed E-state index contributed by atoms with van der Waals surface area (Å²) >= 11 is 0. The van der Waals surface area contributed by atoms with Gasteiger partial charge in [-0.05, 0) is 49.9 Å². The Hall–Kier alpha value is -0.930. The fourth-order valence-electron chi connectivity index (χ4n) is 2.47. The van der Waals surface area contributed by atoms with E-state index in [0.717, 1.165) is 26.0 Å². The lowest BCUT2D eigenvalue weighted by Gasteiger charge is -2.20. The molecule has 0 spiro atoms. The van der Waals surface area contributed by atoms with Gasteiger partial charge in [0.1, 0.15) is 5.82 Å². The molecule has 0 amide bonds. The molecular weight excluding hydrogens is 217 g/mol. The number of rotatable bonds is 5. The van der Waals surface area contributed by atoms with Crippen LogP contribution < -0.4 is 5.32 Å². The van der Waals surface area contributed by atoms with E-state index >= 15 is 0 Å². The van der Waals surface area contributed by atoms with E-state index in [-0.39, 0.29) is 5.82 Å². The summed E-state index contributed by atoms with van der Waals surface area (Å²) < 4.78 is 18.6.